The molecule has 20 heavy (non-hydrogen) atoms. The molecule has 1 unspecified atom stereocenters. The number of nitrogens with one attached hydrogen (secondary N) is 1. The highest BCUT2D eigenvalue weighted by Crippen LogP contribution is 2.16. The average molecular weight is 274 g/mol. The molecule has 1 saturated heterocycles. The summed E-state index contributed by atoms with van der Waals surface area (Å²) in [5.41, 5.74) is 2.77. The van der Waals surface area contributed by atoms with E-state index in [0.29, 0.717) is 18.8 Å². The molecule has 0 radical (unpaired) electrons. The lowest BCUT2D eigenvalue weighted by molar-refractivity contribution is -0.122. The van der Waals surface area contributed by atoms with Gasteiger partial charge in [0.2, 0.25) is 0 Å². The van der Waals surface area contributed by atoms with E-state index in [1.807, 2.05) is 25.1 Å². The summed E-state index contributed by atoms with van der Waals surface area (Å²) in [5.74, 6) is 0. The first kappa shape index (κ1) is 15.0. The van der Waals surface area contributed by atoms with Crippen molar-refractivity contribution in [1.29, 1.82) is 5.26 Å². The molecule has 1 aliphatic rings. The average Bonchev–Trinajstić information content (AvgIpc) is 2.39. The topological polar surface area (TPSA) is 54.3 Å². The predicted molar refractivity (Wildman–Crippen MR) is 77.4 cm³/mol. The molecule has 0 spiro atoms. The van der Waals surface area contributed by atoms with Crippen molar-refractivity contribution in [3.63, 3.8) is 0 Å². The monoisotopic (exact) mass is 274 g/mol. The second-order valence-electron chi connectivity index (χ2n) is 5.90. The largest absolute Gasteiger partial charge is 0.374 e. The van der Waals surface area contributed by atoms with Crippen LogP contribution in [0.4, 0.5) is 0 Å². The Bertz CT molecular complexity index is 506. The molecule has 1 aromatic rings. The zero-order valence-corrected chi connectivity index (χ0v) is 12.4. The fourth-order valence-corrected chi connectivity index (χ4v) is 2.39. The minimum Gasteiger partial charge on any atom is -0.374 e. The number of aryl methyl sites for hydroxylation is 1. The van der Waals surface area contributed by atoms with Gasteiger partial charge in [0.25, 0.3) is 0 Å². The Kier molecular flexibility index (Phi) is 4.77. The summed E-state index contributed by atoms with van der Waals surface area (Å²) < 4.78 is 11.7. The van der Waals surface area contributed by atoms with Gasteiger partial charge in [0.15, 0.2) is 0 Å². The van der Waals surface area contributed by atoms with Gasteiger partial charge in [-0.2, -0.15) is 5.26 Å². The van der Waals surface area contributed by atoms with E-state index in [2.05, 4.69) is 25.2 Å². The van der Waals surface area contributed by atoms with Crippen molar-refractivity contribution in [3.05, 3.63) is 34.9 Å². The molecule has 4 nitrogen and oxygen atoms in total. The van der Waals surface area contributed by atoms with E-state index in [4.69, 9.17) is 14.7 Å². The van der Waals surface area contributed by atoms with Crippen LogP contribution in [0.2, 0.25) is 0 Å². The van der Waals surface area contributed by atoms with Crippen LogP contribution < -0.4 is 5.32 Å². The smallest absolute Gasteiger partial charge is 0.0991 e. The van der Waals surface area contributed by atoms with Gasteiger partial charge in [-0.05, 0) is 44.0 Å². The van der Waals surface area contributed by atoms with Gasteiger partial charge in [0.1, 0.15) is 0 Å². The lowest BCUT2D eigenvalue weighted by Crippen LogP contribution is -2.51. The van der Waals surface area contributed by atoms with Crippen molar-refractivity contribution in [2.24, 2.45) is 0 Å². The summed E-state index contributed by atoms with van der Waals surface area (Å²) in [7, 11) is 0. The van der Waals surface area contributed by atoms with E-state index in [9.17, 15) is 0 Å². The van der Waals surface area contributed by atoms with Gasteiger partial charge in [0, 0.05) is 13.1 Å². The Morgan fingerprint density at radius 2 is 2.30 bits per heavy atom. The van der Waals surface area contributed by atoms with Crippen molar-refractivity contribution >= 4 is 0 Å². The van der Waals surface area contributed by atoms with Crippen LogP contribution in [0.25, 0.3) is 0 Å². The van der Waals surface area contributed by atoms with Gasteiger partial charge in [-0.25, -0.2) is 0 Å². The number of morpholine rings is 1. The molecule has 1 atom stereocenters. The maximum Gasteiger partial charge on any atom is 0.0991 e. The van der Waals surface area contributed by atoms with Crippen LogP contribution in [0, 0.1) is 18.3 Å². The molecule has 0 amide bonds. The highest BCUT2D eigenvalue weighted by atomic mass is 16.5. The summed E-state index contributed by atoms with van der Waals surface area (Å²) in [6.45, 7) is 9.00. The maximum atomic E-state index is 8.84. The lowest BCUT2D eigenvalue weighted by atomic mass is 10.1. The molecule has 108 valence electrons. The molecule has 1 fully saturated rings. The summed E-state index contributed by atoms with van der Waals surface area (Å²) in [6.07, 6.45) is 0.0948. The van der Waals surface area contributed by atoms with Gasteiger partial charge >= 0.3 is 0 Å². The molecule has 1 aliphatic heterocycles. The van der Waals surface area contributed by atoms with Crippen molar-refractivity contribution in [3.8, 4) is 6.07 Å². The summed E-state index contributed by atoms with van der Waals surface area (Å²) in [5, 5.41) is 12.2. The molecule has 0 bridgehead atoms. The van der Waals surface area contributed by atoms with Gasteiger partial charge < -0.3 is 14.8 Å². The molecule has 0 saturated carbocycles. The first-order chi connectivity index (χ1) is 9.50. The second kappa shape index (κ2) is 6.36. The summed E-state index contributed by atoms with van der Waals surface area (Å²) >= 11 is 0. The number of hydrogen-bond donors (Lipinski definition) is 1. The SMILES string of the molecule is Cc1cc(C#N)ccc1COCC1CNCC(C)(C)O1. The van der Waals surface area contributed by atoms with E-state index in [1.165, 1.54) is 0 Å². The number of ether oxygens (including phenoxy) is 2. The Morgan fingerprint density at radius 3 is 2.95 bits per heavy atom. The quantitative estimate of drug-likeness (QED) is 0.914. The predicted octanol–water partition coefficient (Wildman–Crippen LogP) is 2.15. The molecule has 1 heterocycles. The van der Waals surface area contributed by atoms with E-state index in [0.717, 1.165) is 24.2 Å². The van der Waals surface area contributed by atoms with Crippen molar-refractivity contribution in [2.75, 3.05) is 19.7 Å². The molecular weight excluding hydrogens is 252 g/mol. The van der Waals surface area contributed by atoms with E-state index >= 15 is 0 Å². The number of nitriles is 1. The fraction of sp³-hybridized carbons (Fsp3) is 0.562. The second-order valence-corrected chi connectivity index (χ2v) is 5.90. The first-order valence-electron chi connectivity index (χ1n) is 6.96. The van der Waals surface area contributed by atoms with Gasteiger partial charge in [-0.3, -0.25) is 0 Å². The number of rotatable bonds is 4. The number of nitrogens with zero attached hydrogens (tertiary/aromatic N) is 1. The highest BCUT2D eigenvalue weighted by molar-refractivity contribution is 5.37. The number of hydrogen-bond acceptors (Lipinski definition) is 4. The van der Waals surface area contributed by atoms with E-state index < -0.39 is 0 Å². The van der Waals surface area contributed by atoms with Crippen LogP contribution >= 0.6 is 0 Å². The van der Waals surface area contributed by atoms with Crippen LogP contribution in [0.1, 0.15) is 30.5 Å². The van der Waals surface area contributed by atoms with Crippen LogP contribution in [0.15, 0.2) is 18.2 Å². The molecule has 4 heteroatoms. The zero-order valence-electron chi connectivity index (χ0n) is 12.4. The van der Waals surface area contributed by atoms with Crippen molar-refractivity contribution in [2.45, 2.75) is 39.1 Å². The van der Waals surface area contributed by atoms with Crippen molar-refractivity contribution < 1.29 is 9.47 Å². The van der Waals surface area contributed by atoms with Gasteiger partial charge in [-0.1, -0.05) is 6.07 Å². The van der Waals surface area contributed by atoms with Gasteiger partial charge in [-0.15, -0.1) is 0 Å². The fourth-order valence-electron chi connectivity index (χ4n) is 2.39. The third-order valence-corrected chi connectivity index (χ3v) is 3.44. The normalized spacial score (nSPS) is 21.4. The van der Waals surface area contributed by atoms with E-state index in [-0.39, 0.29) is 11.7 Å². The van der Waals surface area contributed by atoms with E-state index in [1.54, 1.807) is 0 Å². The molecule has 1 aromatic carbocycles. The molecular formula is C16H22N2O2. The lowest BCUT2D eigenvalue weighted by Gasteiger charge is -2.36. The standard InChI is InChI=1S/C16H22N2O2/c1-12-6-13(7-17)4-5-14(12)9-19-10-15-8-18-11-16(2,3)20-15/h4-6,15,18H,8-11H2,1-3H3. The van der Waals surface area contributed by atoms with Crippen LogP contribution in [-0.4, -0.2) is 31.4 Å². The molecule has 0 aromatic heterocycles. The summed E-state index contributed by atoms with van der Waals surface area (Å²) in [6, 6.07) is 7.82. The Balaban J connectivity index is 1.83. The number of benzene rings is 1. The van der Waals surface area contributed by atoms with Crippen LogP contribution in [-0.2, 0) is 16.1 Å². The Hall–Kier alpha value is -1.41. The van der Waals surface area contributed by atoms with Crippen molar-refractivity contribution in [1.82, 2.24) is 5.32 Å². The van der Waals surface area contributed by atoms with Crippen LogP contribution in [0.5, 0.6) is 0 Å². The minimum atomic E-state index is -0.128. The zero-order chi connectivity index (χ0) is 14.6. The third-order valence-electron chi connectivity index (χ3n) is 3.44. The van der Waals surface area contributed by atoms with Crippen LogP contribution in [0.3, 0.4) is 0 Å². The summed E-state index contributed by atoms with van der Waals surface area (Å²) in [4.78, 5) is 0. The molecule has 0 aliphatic carbocycles. The highest BCUT2D eigenvalue weighted by Gasteiger charge is 2.28. The minimum absolute atomic E-state index is 0.0948. The maximum absolute atomic E-state index is 8.84. The Morgan fingerprint density at radius 1 is 1.50 bits per heavy atom. The Labute approximate surface area is 120 Å². The molecule has 1 N–H and O–H groups in total. The van der Waals surface area contributed by atoms with Gasteiger partial charge in [0.05, 0.1) is 36.6 Å². The molecule has 2 rings (SSSR count). The third kappa shape index (κ3) is 4.04. The first-order valence-corrected chi connectivity index (χ1v) is 6.96.